The average Bonchev–Trinajstić information content (AvgIpc) is 4.05. The summed E-state index contributed by atoms with van der Waals surface area (Å²) in [7, 11) is 0. The Balaban J connectivity index is 1.10. The van der Waals surface area contributed by atoms with Crippen molar-refractivity contribution in [3.8, 4) is 22.3 Å². The van der Waals surface area contributed by atoms with Crippen molar-refractivity contribution in [1.29, 1.82) is 0 Å². The Labute approximate surface area is 324 Å². The molecule has 262 valence electrons. The summed E-state index contributed by atoms with van der Waals surface area (Å²) in [5, 5.41) is 0. The van der Waals surface area contributed by atoms with Crippen LogP contribution in [0.4, 0.5) is 34.1 Å². The molecule has 55 heavy (non-hydrogen) atoms. The van der Waals surface area contributed by atoms with Crippen LogP contribution < -0.4 is 26.2 Å². The summed E-state index contributed by atoms with van der Waals surface area (Å²) >= 11 is 0. The topological polar surface area (TPSA) is 6.48 Å². The fourth-order valence-electron chi connectivity index (χ4n) is 12.7. The van der Waals surface area contributed by atoms with Gasteiger partial charge in [-0.15, -0.1) is 0 Å². The molecule has 3 heteroatoms. The third-order valence-electron chi connectivity index (χ3n) is 14.7. The van der Waals surface area contributed by atoms with Gasteiger partial charge in [-0.1, -0.05) is 135 Å². The van der Waals surface area contributed by atoms with Gasteiger partial charge in [0.2, 0.25) is 0 Å². The standard InChI is InChI=1S/C52H41BN2/c1-2-16-34(17-3-1)54-46-26-15-27-47-50(46)53(43-33-41-37(32-48(43)54)35-18-4-6-20-38(35)52(41)30-12-13-31-52)42-23-8-9-24-44(42)55(47)45-25-14-22-40-49(45)36-19-5-7-21-39(36)51(40)28-10-11-29-51/h1-9,14-27,32-33H,10-13,28-31H2. The first kappa shape index (κ1) is 30.5. The molecule has 0 N–H and O–H groups in total. The summed E-state index contributed by atoms with van der Waals surface area (Å²) in [6, 6.07) is 58.7. The Bertz CT molecular complexity index is 2750. The van der Waals surface area contributed by atoms with Crippen LogP contribution in [0.1, 0.15) is 73.6 Å². The van der Waals surface area contributed by atoms with Gasteiger partial charge in [0.15, 0.2) is 0 Å². The van der Waals surface area contributed by atoms with Crippen LogP contribution in [0.3, 0.4) is 0 Å². The SMILES string of the molecule is c1ccc(N2c3cc4c(cc3B3c5ccccc5N(c5cccc6c5-c5ccccc5C65CCCC5)c5cccc2c53)C2(CCCC2)c2ccccc2-4)cc1. The van der Waals surface area contributed by atoms with E-state index in [9.17, 15) is 0 Å². The Morgan fingerprint density at radius 3 is 1.73 bits per heavy atom. The first-order valence-corrected chi connectivity index (χ1v) is 20.7. The monoisotopic (exact) mass is 704 g/mol. The van der Waals surface area contributed by atoms with Crippen molar-refractivity contribution in [1.82, 2.24) is 0 Å². The highest BCUT2D eigenvalue weighted by Gasteiger charge is 2.50. The molecule has 0 radical (unpaired) electrons. The van der Waals surface area contributed by atoms with Crippen molar-refractivity contribution in [2.45, 2.75) is 62.2 Å². The van der Waals surface area contributed by atoms with E-state index in [-0.39, 0.29) is 17.5 Å². The number of anilines is 6. The largest absolute Gasteiger partial charge is 0.311 e. The molecule has 6 aliphatic rings. The van der Waals surface area contributed by atoms with Crippen molar-refractivity contribution in [3.63, 3.8) is 0 Å². The minimum Gasteiger partial charge on any atom is -0.311 e. The molecular weight excluding hydrogens is 663 g/mol. The zero-order valence-electron chi connectivity index (χ0n) is 31.1. The van der Waals surface area contributed by atoms with E-state index in [1.165, 1.54) is 135 Å². The van der Waals surface area contributed by atoms with Gasteiger partial charge in [-0.3, -0.25) is 0 Å². The third kappa shape index (κ3) is 3.77. The van der Waals surface area contributed by atoms with E-state index in [2.05, 4.69) is 161 Å². The van der Waals surface area contributed by atoms with E-state index in [0.29, 0.717) is 0 Å². The highest BCUT2D eigenvalue weighted by atomic mass is 15.2. The molecule has 7 aromatic rings. The summed E-state index contributed by atoms with van der Waals surface area (Å²) < 4.78 is 0. The van der Waals surface area contributed by atoms with Crippen molar-refractivity contribution in [3.05, 3.63) is 174 Å². The first-order valence-electron chi connectivity index (χ1n) is 20.7. The molecule has 0 amide bonds. The normalized spacial score (nSPS) is 18.1. The van der Waals surface area contributed by atoms with Gasteiger partial charge in [0.1, 0.15) is 0 Å². The summed E-state index contributed by atoms with van der Waals surface area (Å²) in [5.41, 5.74) is 24.0. The second kappa shape index (κ2) is 10.9. The van der Waals surface area contributed by atoms with E-state index in [1.54, 1.807) is 11.1 Å². The van der Waals surface area contributed by atoms with E-state index in [1.807, 2.05) is 0 Å². The van der Waals surface area contributed by atoms with Gasteiger partial charge < -0.3 is 9.80 Å². The van der Waals surface area contributed by atoms with Crippen LogP contribution in [0, 0.1) is 0 Å². The van der Waals surface area contributed by atoms with Gasteiger partial charge in [-0.05, 0) is 123 Å². The molecular formula is C52H41BN2. The predicted octanol–water partition coefficient (Wildman–Crippen LogP) is 11.5. The molecule has 2 saturated carbocycles. The van der Waals surface area contributed by atoms with Crippen LogP contribution in [-0.4, -0.2) is 6.71 Å². The van der Waals surface area contributed by atoms with Crippen LogP contribution >= 0.6 is 0 Å². The predicted molar refractivity (Wildman–Crippen MR) is 230 cm³/mol. The number of para-hydroxylation sites is 2. The molecule has 0 unspecified atom stereocenters. The number of hydrogen-bond donors (Lipinski definition) is 0. The van der Waals surface area contributed by atoms with Crippen molar-refractivity contribution < 1.29 is 0 Å². The van der Waals surface area contributed by atoms with E-state index >= 15 is 0 Å². The fraction of sp³-hybridized carbons (Fsp3) is 0.192. The minimum absolute atomic E-state index is 0.104. The van der Waals surface area contributed by atoms with Crippen LogP contribution in [0.25, 0.3) is 22.3 Å². The smallest absolute Gasteiger partial charge is 0.252 e. The average molecular weight is 705 g/mol. The summed E-state index contributed by atoms with van der Waals surface area (Å²) in [6.45, 7) is 0.117. The zero-order chi connectivity index (χ0) is 35.9. The van der Waals surface area contributed by atoms with Crippen LogP contribution in [-0.2, 0) is 10.8 Å². The number of nitrogens with zero attached hydrogens (tertiary/aromatic N) is 2. The molecule has 2 nitrogen and oxygen atoms in total. The van der Waals surface area contributed by atoms with E-state index in [4.69, 9.17) is 0 Å². The lowest BCUT2D eigenvalue weighted by Crippen LogP contribution is -2.61. The highest BCUT2D eigenvalue weighted by molar-refractivity contribution is 7.00. The molecule has 0 saturated heterocycles. The second-order valence-corrected chi connectivity index (χ2v) is 17.0. The first-order chi connectivity index (χ1) is 27.3. The zero-order valence-corrected chi connectivity index (χ0v) is 31.1. The number of rotatable bonds is 2. The molecule has 0 bridgehead atoms. The lowest BCUT2D eigenvalue weighted by Gasteiger charge is -2.45. The molecule has 2 fully saturated rings. The van der Waals surface area contributed by atoms with Crippen molar-refractivity contribution >= 4 is 57.2 Å². The van der Waals surface area contributed by atoms with E-state index < -0.39 is 0 Å². The van der Waals surface area contributed by atoms with Crippen LogP contribution in [0.2, 0.25) is 0 Å². The molecule has 0 aromatic heterocycles. The number of benzene rings is 7. The lowest BCUT2D eigenvalue weighted by atomic mass is 9.33. The molecule has 2 aliphatic heterocycles. The van der Waals surface area contributed by atoms with Crippen LogP contribution in [0.5, 0.6) is 0 Å². The summed E-state index contributed by atoms with van der Waals surface area (Å²) in [6.07, 6.45) is 10.1. The molecule has 0 atom stereocenters. The van der Waals surface area contributed by atoms with Gasteiger partial charge in [-0.25, -0.2) is 0 Å². The molecule has 2 heterocycles. The molecule has 4 aliphatic carbocycles. The molecule has 13 rings (SSSR count). The molecule has 7 aromatic carbocycles. The maximum atomic E-state index is 2.68. The summed E-state index contributed by atoms with van der Waals surface area (Å²) in [5.74, 6) is 0. The minimum atomic E-state index is 0.104. The lowest BCUT2D eigenvalue weighted by molar-refractivity contribution is 0.550. The molecule has 2 spiro atoms. The Kier molecular flexibility index (Phi) is 6.06. The Morgan fingerprint density at radius 2 is 0.945 bits per heavy atom. The fourth-order valence-corrected chi connectivity index (χ4v) is 12.7. The van der Waals surface area contributed by atoms with Crippen LogP contribution in [0.15, 0.2) is 152 Å². The highest BCUT2D eigenvalue weighted by Crippen LogP contribution is 2.61. The maximum Gasteiger partial charge on any atom is 0.252 e. The van der Waals surface area contributed by atoms with Crippen molar-refractivity contribution in [2.24, 2.45) is 0 Å². The summed E-state index contributed by atoms with van der Waals surface area (Å²) in [4.78, 5) is 5.22. The van der Waals surface area contributed by atoms with Gasteiger partial charge in [0.25, 0.3) is 6.71 Å². The Hall–Kier alpha value is -5.80. The van der Waals surface area contributed by atoms with Gasteiger partial charge in [0, 0.05) is 44.8 Å². The van der Waals surface area contributed by atoms with Gasteiger partial charge >= 0.3 is 0 Å². The quantitative estimate of drug-likeness (QED) is 0.165. The van der Waals surface area contributed by atoms with Gasteiger partial charge in [0.05, 0.1) is 5.69 Å². The second-order valence-electron chi connectivity index (χ2n) is 17.0. The van der Waals surface area contributed by atoms with E-state index in [0.717, 1.165) is 0 Å². The third-order valence-corrected chi connectivity index (χ3v) is 14.7. The number of hydrogen-bond acceptors (Lipinski definition) is 2. The Morgan fingerprint density at radius 1 is 0.382 bits per heavy atom. The van der Waals surface area contributed by atoms with Crippen molar-refractivity contribution in [2.75, 3.05) is 9.80 Å². The maximum absolute atomic E-state index is 2.68. The van der Waals surface area contributed by atoms with Gasteiger partial charge in [-0.2, -0.15) is 0 Å². The number of fused-ring (bicyclic) bond motifs is 14.